The van der Waals surface area contributed by atoms with Crippen molar-refractivity contribution in [3.8, 4) is 0 Å². The van der Waals surface area contributed by atoms with E-state index >= 15 is 0 Å². The minimum atomic E-state index is -4.39. The molecule has 3 N–H and O–H groups in total. The maximum atomic E-state index is 12.8. The monoisotopic (exact) mass is 451 g/mol. The van der Waals surface area contributed by atoms with E-state index in [1.165, 1.54) is 6.42 Å². The van der Waals surface area contributed by atoms with Gasteiger partial charge in [0, 0.05) is 25.3 Å². The van der Waals surface area contributed by atoms with Crippen LogP contribution in [0.4, 0.5) is 36.4 Å². The summed E-state index contributed by atoms with van der Waals surface area (Å²) in [4.78, 5) is 26.3. The number of carbonyl (C=O) groups excluding carboxylic acids is 1. The summed E-state index contributed by atoms with van der Waals surface area (Å²) in [5.74, 6) is 1.22. The first kappa shape index (κ1) is 23.6. The number of halogens is 3. The number of hydrogen-bond acceptors (Lipinski definition) is 7. The number of aromatic nitrogens is 3. The van der Waals surface area contributed by atoms with Crippen molar-refractivity contribution >= 4 is 29.2 Å². The third kappa shape index (κ3) is 5.57. The van der Waals surface area contributed by atoms with Gasteiger partial charge in [-0.05, 0) is 31.9 Å². The van der Waals surface area contributed by atoms with E-state index in [9.17, 15) is 18.0 Å². The summed E-state index contributed by atoms with van der Waals surface area (Å²) in [5.41, 5.74) is 0.552. The molecule has 0 radical (unpaired) electrons. The van der Waals surface area contributed by atoms with Crippen molar-refractivity contribution in [3.63, 3.8) is 0 Å². The number of fused-ring (bicyclic) bond motifs is 1. The second kappa shape index (κ2) is 9.58. The average molecular weight is 451 g/mol. The Morgan fingerprint density at radius 3 is 2.50 bits per heavy atom. The Labute approximate surface area is 185 Å². The van der Waals surface area contributed by atoms with Gasteiger partial charge in [0.05, 0.1) is 17.8 Å². The van der Waals surface area contributed by atoms with E-state index in [0.29, 0.717) is 36.0 Å². The molecule has 1 fully saturated rings. The lowest BCUT2D eigenvalue weighted by atomic mass is 9.87. The van der Waals surface area contributed by atoms with E-state index in [-0.39, 0.29) is 30.4 Å². The Bertz CT molecular complexity index is 961. The zero-order valence-electron chi connectivity index (χ0n) is 18.5. The zero-order valence-corrected chi connectivity index (χ0v) is 18.5. The third-order valence-corrected chi connectivity index (χ3v) is 4.99. The summed E-state index contributed by atoms with van der Waals surface area (Å²) < 4.78 is 38.4. The van der Waals surface area contributed by atoms with Crippen molar-refractivity contribution in [2.75, 3.05) is 34.4 Å². The Balaban J connectivity index is 0.000000913. The number of aryl methyl sites for hydroxylation is 1. The molecule has 1 saturated carbocycles. The van der Waals surface area contributed by atoms with E-state index in [4.69, 9.17) is 0 Å². The minimum Gasteiger partial charge on any atom is -0.367 e. The number of alkyl halides is 3. The van der Waals surface area contributed by atoms with Crippen molar-refractivity contribution in [3.05, 3.63) is 29.6 Å². The van der Waals surface area contributed by atoms with Gasteiger partial charge in [-0.15, -0.1) is 0 Å². The van der Waals surface area contributed by atoms with Gasteiger partial charge in [-0.25, -0.2) is 9.97 Å². The van der Waals surface area contributed by atoms with Crippen LogP contribution in [0.25, 0.3) is 0 Å². The molecule has 1 aliphatic heterocycles. The number of amides is 1. The second-order valence-electron chi connectivity index (χ2n) is 8.02. The molecular weight excluding hydrogens is 423 g/mol. The number of likely N-dealkylation sites (N-methyl/N-ethyl adjacent to an activating group) is 1. The molecule has 0 aromatic carbocycles. The van der Waals surface area contributed by atoms with Gasteiger partial charge < -0.3 is 20.9 Å². The second-order valence-corrected chi connectivity index (χ2v) is 8.02. The normalized spacial score (nSPS) is 19.7. The predicted molar refractivity (Wildman–Crippen MR) is 118 cm³/mol. The van der Waals surface area contributed by atoms with E-state index in [1.54, 1.807) is 18.9 Å². The van der Waals surface area contributed by atoms with Crippen molar-refractivity contribution in [2.24, 2.45) is 0 Å². The molecule has 11 heteroatoms. The number of rotatable bonds is 4. The summed E-state index contributed by atoms with van der Waals surface area (Å²) in [7, 11) is 1.79. The van der Waals surface area contributed by atoms with Crippen molar-refractivity contribution in [1.29, 1.82) is 0 Å². The van der Waals surface area contributed by atoms with Gasteiger partial charge in [-0.1, -0.05) is 20.3 Å². The van der Waals surface area contributed by atoms with Gasteiger partial charge in [0.2, 0.25) is 11.9 Å². The molecule has 1 amide bonds. The average Bonchev–Trinajstić information content (AvgIpc) is 2.67. The fraction of sp³-hybridized carbons (Fsp3) is 0.524. The molecule has 2 aromatic heterocycles. The lowest BCUT2D eigenvalue weighted by Crippen LogP contribution is -2.44. The van der Waals surface area contributed by atoms with E-state index < -0.39 is 11.7 Å². The summed E-state index contributed by atoms with van der Waals surface area (Å²) in [5, 5.41) is 9.07. The topological polar surface area (TPSA) is 95.1 Å². The first-order valence-electron chi connectivity index (χ1n) is 10.6. The van der Waals surface area contributed by atoms with Crippen LogP contribution in [0.2, 0.25) is 0 Å². The number of nitrogens with one attached hydrogen (secondary N) is 3. The first-order chi connectivity index (χ1) is 15.1. The fourth-order valence-corrected chi connectivity index (χ4v) is 3.45. The smallest absolute Gasteiger partial charge is 0.367 e. The van der Waals surface area contributed by atoms with Gasteiger partial charge in [-0.2, -0.15) is 18.2 Å². The van der Waals surface area contributed by atoms with Crippen molar-refractivity contribution < 1.29 is 18.0 Å². The molecule has 174 valence electrons. The lowest BCUT2D eigenvalue weighted by molar-refractivity contribution is -0.137. The summed E-state index contributed by atoms with van der Waals surface area (Å²) in [6.45, 7) is 6.28. The highest BCUT2D eigenvalue weighted by molar-refractivity contribution is 6.00. The molecule has 0 atom stereocenters. The van der Waals surface area contributed by atoms with Crippen LogP contribution in [0.3, 0.4) is 0 Å². The minimum absolute atomic E-state index is 0.0177. The lowest BCUT2D eigenvalue weighted by Gasteiger charge is -2.37. The first-order valence-corrected chi connectivity index (χ1v) is 10.6. The number of hydrogen-bond donors (Lipinski definition) is 3. The molecule has 4 rings (SSSR count). The molecule has 8 nitrogen and oxygen atoms in total. The van der Waals surface area contributed by atoms with Gasteiger partial charge in [0.15, 0.2) is 5.82 Å². The highest BCUT2D eigenvalue weighted by atomic mass is 19.4. The Morgan fingerprint density at radius 1 is 1.19 bits per heavy atom. The summed E-state index contributed by atoms with van der Waals surface area (Å²) in [6, 6.07) is 2.08. The molecule has 0 bridgehead atoms. The van der Waals surface area contributed by atoms with Crippen LogP contribution >= 0.6 is 0 Å². The van der Waals surface area contributed by atoms with Crippen LogP contribution in [0, 0.1) is 6.92 Å². The number of carbonyl (C=O) groups is 1. The predicted octanol–water partition coefficient (Wildman–Crippen LogP) is 4.06. The number of anilines is 4. The molecule has 1 aliphatic carbocycles. The quantitative estimate of drug-likeness (QED) is 0.645. The SMILES string of the molecule is CCC.Cc1nc(NC2CC(Nc3cc(C(F)(F)F)ccn3)C2)nc2c1NC(=O)CN2C. The molecule has 0 spiro atoms. The van der Waals surface area contributed by atoms with Gasteiger partial charge in [-0.3, -0.25) is 4.79 Å². The molecular formula is C21H28F3N7O. The molecule has 3 heterocycles. The molecule has 0 unspecified atom stereocenters. The maximum absolute atomic E-state index is 12.8. The van der Waals surface area contributed by atoms with Crippen LogP contribution in [0.5, 0.6) is 0 Å². The van der Waals surface area contributed by atoms with Crippen LogP contribution in [-0.4, -0.2) is 46.5 Å². The van der Waals surface area contributed by atoms with E-state index in [2.05, 4.69) is 44.7 Å². The zero-order chi connectivity index (χ0) is 23.5. The fourth-order valence-electron chi connectivity index (χ4n) is 3.45. The van der Waals surface area contributed by atoms with Crippen LogP contribution in [0.15, 0.2) is 18.3 Å². The molecule has 0 saturated heterocycles. The van der Waals surface area contributed by atoms with E-state index in [0.717, 1.165) is 18.3 Å². The van der Waals surface area contributed by atoms with Crippen molar-refractivity contribution in [1.82, 2.24) is 15.0 Å². The standard InChI is InChI=1S/C18H20F3N7O.C3H8/c1-9-15-16(28(2)8-14(29)26-15)27-17(23-9)25-12-6-11(7-12)24-13-5-10(3-4-22-13)18(19,20)21;1-3-2/h3-5,11-12H,6-8H2,1-2H3,(H,22,24)(H,26,29)(H,23,25,27);3H2,1-2H3. The van der Waals surface area contributed by atoms with Gasteiger partial charge in [0.1, 0.15) is 11.5 Å². The van der Waals surface area contributed by atoms with E-state index in [1.807, 2.05) is 0 Å². The largest absolute Gasteiger partial charge is 0.416 e. The molecule has 2 aromatic rings. The Morgan fingerprint density at radius 2 is 1.84 bits per heavy atom. The number of nitrogens with zero attached hydrogens (tertiary/aromatic N) is 4. The molecule has 32 heavy (non-hydrogen) atoms. The van der Waals surface area contributed by atoms with Crippen LogP contribution < -0.4 is 20.9 Å². The Hall–Kier alpha value is -3.11. The van der Waals surface area contributed by atoms with Gasteiger partial charge in [0.25, 0.3) is 0 Å². The Kier molecular flexibility index (Phi) is 7.05. The highest BCUT2D eigenvalue weighted by Gasteiger charge is 2.33. The third-order valence-electron chi connectivity index (χ3n) is 4.99. The van der Waals surface area contributed by atoms with Crippen LogP contribution in [-0.2, 0) is 11.0 Å². The van der Waals surface area contributed by atoms with Gasteiger partial charge >= 0.3 is 6.18 Å². The summed E-state index contributed by atoms with van der Waals surface area (Å²) >= 11 is 0. The summed E-state index contributed by atoms with van der Waals surface area (Å²) in [6.07, 6.45) is -0.593. The molecule has 2 aliphatic rings. The van der Waals surface area contributed by atoms with Crippen LogP contribution in [0.1, 0.15) is 44.4 Å². The van der Waals surface area contributed by atoms with Crippen molar-refractivity contribution in [2.45, 2.75) is 58.3 Å². The highest BCUT2D eigenvalue weighted by Crippen LogP contribution is 2.33. The maximum Gasteiger partial charge on any atom is 0.416 e. The number of pyridine rings is 1.